The number of rotatable bonds is 9. The Bertz CT molecular complexity index is 668. The quantitative estimate of drug-likeness (QED) is 0.595. The minimum Gasteiger partial charge on any atom is -0.494 e. The Labute approximate surface area is 159 Å². The molecule has 0 atom stereocenters. The van der Waals surface area contributed by atoms with Gasteiger partial charge in [0.1, 0.15) is 17.4 Å². The van der Waals surface area contributed by atoms with Gasteiger partial charge in [-0.1, -0.05) is 12.1 Å². The van der Waals surface area contributed by atoms with E-state index in [0.29, 0.717) is 24.9 Å². The van der Waals surface area contributed by atoms with E-state index in [2.05, 4.69) is 4.90 Å². The SMILES string of the molecule is Fc1ccc(COCC2CCN(CCCOc3ccc(F)cc3)CC2)cc1. The van der Waals surface area contributed by atoms with E-state index in [-0.39, 0.29) is 11.6 Å². The van der Waals surface area contributed by atoms with Crippen molar-refractivity contribution in [3.05, 3.63) is 65.7 Å². The molecule has 5 heteroatoms. The Morgan fingerprint density at radius 3 is 2.19 bits per heavy atom. The summed E-state index contributed by atoms with van der Waals surface area (Å²) in [7, 11) is 0. The van der Waals surface area contributed by atoms with Gasteiger partial charge in [-0.2, -0.15) is 0 Å². The highest BCUT2D eigenvalue weighted by Crippen LogP contribution is 2.18. The van der Waals surface area contributed by atoms with Gasteiger partial charge in [0.05, 0.1) is 13.2 Å². The third-order valence-corrected chi connectivity index (χ3v) is 4.94. The molecule has 0 saturated carbocycles. The van der Waals surface area contributed by atoms with Crippen molar-refractivity contribution < 1.29 is 18.3 Å². The fourth-order valence-electron chi connectivity index (χ4n) is 3.31. The fraction of sp³-hybridized carbons (Fsp3) is 0.455. The van der Waals surface area contributed by atoms with Gasteiger partial charge in [0.15, 0.2) is 0 Å². The summed E-state index contributed by atoms with van der Waals surface area (Å²) in [5.74, 6) is 0.853. The summed E-state index contributed by atoms with van der Waals surface area (Å²) < 4.78 is 37.2. The largest absolute Gasteiger partial charge is 0.494 e. The first kappa shape index (κ1) is 19.8. The van der Waals surface area contributed by atoms with E-state index in [9.17, 15) is 8.78 Å². The molecule has 0 aromatic heterocycles. The Morgan fingerprint density at radius 2 is 1.52 bits per heavy atom. The molecule has 0 amide bonds. The number of likely N-dealkylation sites (tertiary alicyclic amines) is 1. The topological polar surface area (TPSA) is 21.7 Å². The van der Waals surface area contributed by atoms with Crippen molar-refractivity contribution in [1.29, 1.82) is 0 Å². The summed E-state index contributed by atoms with van der Waals surface area (Å²) in [6, 6.07) is 12.6. The Morgan fingerprint density at radius 1 is 0.889 bits per heavy atom. The van der Waals surface area contributed by atoms with Crippen LogP contribution in [0.5, 0.6) is 5.75 Å². The van der Waals surface area contributed by atoms with E-state index < -0.39 is 0 Å². The van der Waals surface area contributed by atoms with Crippen molar-refractivity contribution in [3.8, 4) is 5.75 Å². The molecule has 146 valence electrons. The molecule has 1 aliphatic rings. The predicted molar refractivity (Wildman–Crippen MR) is 102 cm³/mol. The molecular formula is C22H27F2NO2. The molecule has 2 aromatic carbocycles. The van der Waals surface area contributed by atoms with Crippen LogP contribution in [-0.4, -0.2) is 37.7 Å². The maximum absolute atomic E-state index is 12.9. The van der Waals surface area contributed by atoms with E-state index in [1.54, 1.807) is 24.3 Å². The van der Waals surface area contributed by atoms with Crippen LogP contribution in [0.2, 0.25) is 0 Å². The summed E-state index contributed by atoms with van der Waals surface area (Å²) in [6.45, 7) is 5.14. The highest BCUT2D eigenvalue weighted by Gasteiger charge is 2.19. The zero-order chi connectivity index (χ0) is 18.9. The highest BCUT2D eigenvalue weighted by atomic mass is 19.1. The Hall–Kier alpha value is -1.98. The lowest BCUT2D eigenvalue weighted by Gasteiger charge is -2.31. The number of halogens is 2. The maximum Gasteiger partial charge on any atom is 0.123 e. The molecule has 1 aliphatic heterocycles. The molecule has 0 N–H and O–H groups in total. The first-order chi connectivity index (χ1) is 13.2. The van der Waals surface area contributed by atoms with Crippen molar-refractivity contribution in [3.63, 3.8) is 0 Å². The molecule has 3 rings (SSSR count). The van der Waals surface area contributed by atoms with Crippen molar-refractivity contribution in [1.82, 2.24) is 4.90 Å². The van der Waals surface area contributed by atoms with E-state index in [4.69, 9.17) is 9.47 Å². The number of ether oxygens (including phenoxy) is 2. The summed E-state index contributed by atoms with van der Waals surface area (Å²) in [5.41, 5.74) is 1.01. The predicted octanol–water partition coefficient (Wildman–Crippen LogP) is 4.66. The normalized spacial score (nSPS) is 15.8. The van der Waals surface area contributed by atoms with Gasteiger partial charge >= 0.3 is 0 Å². The van der Waals surface area contributed by atoms with Crippen molar-refractivity contribution >= 4 is 0 Å². The number of piperidine rings is 1. The summed E-state index contributed by atoms with van der Waals surface area (Å²) in [5, 5.41) is 0. The van der Waals surface area contributed by atoms with Gasteiger partial charge in [0.2, 0.25) is 0 Å². The molecule has 1 saturated heterocycles. The zero-order valence-corrected chi connectivity index (χ0v) is 15.6. The van der Waals surface area contributed by atoms with Crippen molar-refractivity contribution in [2.75, 3.05) is 32.8 Å². The number of hydrogen-bond acceptors (Lipinski definition) is 3. The third-order valence-electron chi connectivity index (χ3n) is 4.94. The van der Waals surface area contributed by atoms with Gasteiger partial charge in [-0.25, -0.2) is 8.78 Å². The van der Waals surface area contributed by atoms with Crippen LogP contribution in [0.3, 0.4) is 0 Å². The Balaban J connectivity index is 1.24. The molecule has 3 nitrogen and oxygen atoms in total. The van der Waals surface area contributed by atoms with Gasteiger partial charge in [-0.15, -0.1) is 0 Å². The van der Waals surface area contributed by atoms with Crippen LogP contribution in [-0.2, 0) is 11.3 Å². The van der Waals surface area contributed by atoms with Crippen LogP contribution >= 0.6 is 0 Å². The molecule has 0 spiro atoms. The summed E-state index contributed by atoms with van der Waals surface area (Å²) in [6.07, 6.45) is 3.24. The van der Waals surface area contributed by atoms with Gasteiger partial charge in [0.25, 0.3) is 0 Å². The molecule has 0 radical (unpaired) electrons. The van der Waals surface area contributed by atoms with Crippen LogP contribution in [0.15, 0.2) is 48.5 Å². The number of hydrogen-bond donors (Lipinski definition) is 0. The molecule has 2 aromatic rings. The van der Waals surface area contributed by atoms with Crippen LogP contribution in [0.1, 0.15) is 24.8 Å². The monoisotopic (exact) mass is 375 g/mol. The maximum atomic E-state index is 12.9. The summed E-state index contributed by atoms with van der Waals surface area (Å²) in [4.78, 5) is 2.46. The minimum absolute atomic E-state index is 0.214. The second kappa shape index (κ2) is 10.4. The zero-order valence-electron chi connectivity index (χ0n) is 15.6. The van der Waals surface area contributed by atoms with E-state index >= 15 is 0 Å². The van der Waals surface area contributed by atoms with Gasteiger partial charge in [-0.05, 0) is 80.2 Å². The van der Waals surface area contributed by atoms with E-state index in [1.807, 2.05) is 0 Å². The van der Waals surface area contributed by atoms with E-state index in [1.165, 1.54) is 24.3 Å². The second-order valence-electron chi connectivity index (χ2n) is 7.08. The van der Waals surface area contributed by atoms with Crippen LogP contribution in [0.4, 0.5) is 8.78 Å². The van der Waals surface area contributed by atoms with Crippen LogP contribution in [0.25, 0.3) is 0 Å². The molecule has 1 heterocycles. The molecule has 27 heavy (non-hydrogen) atoms. The third kappa shape index (κ3) is 6.92. The molecular weight excluding hydrogens is 348 g/mol. The lowest BCUT2D eigenvalue weighted by Crippen LogP contribution is -2.36. The second-order valence-corrected chi connectivity index (χ2v) is 7.08. The van der Waals surface area contributed by atoms with Crippen molar-refractivity contribution in [2.45, 2.75) is 25.9 Å². The Kier molecular flexibility index (Phi) is 7.60. The lowest BCUT2D eigenvalue weighted by atomic mass is 9.98. The van der Waals surface area contributed by atoms with Gasteiger partial charge in [0, 0.05) is 13.2 Å². The smallest absolute Gasteiger partial charge is 0.123 e. The average Bonchev–Trinajstić information content (AvgIpc) is 2.69. The standard InChI is InChI=1S/C22H27F2NO2/c23-20-4-2-18(3-5-20)16-26-17-19-10-13-25(14-11-19)12-1-15-27-22-8-6-21(24)7-9-22/h2-9,19H,1,10-17H2. The van der Waals surface area contributed by atoms with Gasteiger partial charge in [-0.3, -0.25) is 0 Å². The summed E-state index contributed by atoms with van der Waals surface area (Å²) >= 11 is 0. The first-order valence-electron chi connectivity index (χ1n) is 9.62. The number of benzene rings is 2. The van der Waals surface area contributed by atoms with Crippen molar-refractivity contribution in [2.24, 2.45) is 5.92 Å². The average molecular weight is 375 g/mol. The lowest BCUT2D eigenvalue weighted by molar-refractivity contribution is 0.0567. The van der Waals surface area contributed by atoms with Crippen LogP contribution < -0.4 is 4.74 Å². The van der Waals surface area contributed by atoms with Gasteiger partial charge < -0.3 is 14.4 Å². The minimum atomic E-state index is -0.244. The first-order valence-corrected chi connectivity index (χ1v) is 9.62. The van der Waals surface area contributed by atoms with E-state index in [0.717, 1.165) is 51.1 Å². The van der Waals surface area contributed by atoms with Crippen LogP contribution in [0, 0.1) is 17.6 Å². The molecule has 0 aliphatic carbocycles. The molecule has 0 unspecified atom stereocenters. The number of nitrogens with zero attached hydrogens (tertiary/aromatic N) is 1. The molecule has 0 bridgehead atoms. The highest BCUT2D eigenvalue weighted by molar-refractivity contribution is 5.21. The fourth-order valence-corrected chi connectivity index (χ4v) is 3.31. The molecule has 1 fully saturated rings.